The number of hydrogen-bond donors (Lipinski definition) is 2. The van der Waals surface area contributed by atoms with E-state index in [1.807, 2.05) is 30.3 Å². The second kappa shape index (κ2) is 7.99. The van der Waals surface area contributed by atoms with Crippen molar-refractivity contribution >= 4 is 48.7 Å². The average Bonchev–Trinajstić information content (AvgIpc) is 3.09. The lowest BCUT2D eigenvalue weighted by Gasteiger charge is -2.09. The van der Waals surface area contributed by atoms with Crippen molar-refractivity contribution in [1.29, 1.82) is 0 Å². The largest absolute Gasteiger partial charge is 0.279 e. The van der Waals surface area contributed by atoms with Gasteiger partial charge < -0.3 is 0 Å². The second-order valence-electron chi connectivity index (χ2n) is 5.50. The number of halogens is 1. The van der Waals surface area contributed by atoms with Gasteiger partial charge in [0.2, 0.25) is 10.0 Å². The minimum atomic E-state index is -3.77. The van der Waals surface area contributed by atoms with Crippen LogP contribution in [0.4, 0.5) is 5.69 Å². The minimum Gasteiger partial charge on any atom is -0.279 e. The normalized spacial score (nSPS) is 12.0. The molecule has 3 rings (SSSR count). The molecule has 0 spiro atoms. The van der Waals surface area contributed by atoms with Gasteiger partial charge in [0.1, 0.15) is 4.21 Å². The monoisotopic (exact) mass is 442 g/mol. The van der Waals surface area contributed by atoms with Crippen LogP contribution in [0.5, 0.6) is 0 Å². The summed E-state index contributed by atoms with van der Waals surface area (Å²) in [5.74, 6) is 0. The minimum absolute atomic E-state index is 0.0422. The van der Waals surface area contributed by atoms with E-state index < -0.39 is 20.0 Å². The molecule has 0 aliphatic rings. The summed E-state index contributed by atoms with van der Waals surface area (Å²) < 4.78 is 54.6. The molecule has 0 fully saturated rings. The van der Waals surface area contributed by atoms with Crippen LogP contribution in [0, 0.1) is 0 Å². The smallest absolute Gasteiger partial charge is 0.271 e. The highest BCUT2D eigenvalue weighted by Crippen LogP contribution is 2.27. The molecule has 1 heterocycles. The molecule has 0 amide bonds. The van der Waals surface area contributed by atoms with E-state index in [-0.39, 0.29) is 21.3 Å². The van der Waals surface area contributed by atoms with Gasteiger partial charge in [-0.15, -0.1) is 11.3 Å². The first-order valence-corrected chi connectivity index (χ1v) is 11.8. The van der Waals surface area contributed by atoms with Crippen LogP contribution in [0.2, 0.25) is 4.34 Å². The van der Waals surface area contributed by atoms with E-state index in [0.717, 1.165) is 16.9 Å². The SMILES string of the molecule is O=S(=O)(NCc1ccccc1)c1ccc(NS(=O)(=O)c2ccc(Cl)s2)cc1. The number of rotatable bonds is 7. The number of thiophene rings is 1. The highest BCUT2D eigenvalue weighted by atomic mass is 35.5. The highest BCUT2D eigenvalue weighted by molar-refractivity contribution is 7.94. The Balaban J connectivity index is 1.71. The number of anilines is 1. The fraction of sp³-hybridized carbons (Fsp3) is 0.0588. The molecule has 3 aromatic rings. The fourth-order valence-corrected chi connectivity index (χ4v) is 5.77. The van der Waals surface area contributed by atoms with E-state index in [1.165, 1.54) is 36.4 Å². The third kappa shape index (κ3) is 5.08. The van der Waals surface area contributed by atoms with Crippen molar-refractivity contribution in [3.63, 3.8) is 0 Å². The predicted octanol–water partition coefficient (Wildman–Crippen LogP) is 3.68. The predicted molar refractivity (Wildman–Crippen MR) is 107 cm³/mol. The van der Waals surface area contributed by atoms with Gasteiger partial charge in [-0.05, 0) is 42.0 Å². The number of hydrogen-bond acceptors (Lipinski definition) is 5. The Labute approximate surface area is 166 Å². The summed E-state index contributed by atoms with van der Waals surface area (Å²) in [6, 6.07) is 17.5. The Hall–Kier alpha value is -1.91. The molecular weight excluding hydrogens is 428 g/mol. The van der Waals surface area contributed by atoms with E-state index in [9.17, 15) is 16.8 Å². The Morgan fingerprint density at radius 2 is 1.48 bits per heavy atom. The second-order valence-corrected chi connectivity index (χ2v) is 10.9. The third-order valence-corrected chi connectivity index (χ3v) is 8.06. The Morgan fingerprint density at radius 3 is 2.07 bits per heavy atom. The molecule has 0 radical (unpaired) electrons. The zero-order chi connectivity index (χ0) is 19.5. The topological polar surface area (TPSA) is 92.3 Å². The molecule has 27 heavy (non-hydrogen) atoms. The summed E-state index contributed by atoms with van der Waals surface area (Å²) in [6.07, 6.45) is 0. The van der Waals surface area contributed by atoms with Crippen LogP contribution in [0.3, 0.4) is 0 Å². The summed E-state index contributed by atoms with van der Waals surface area (Å²) >= 11 is 6.70. The van der Waals surface area contributed by atoms with Gasteiger partial charge in [-0.1, -0.05) is 41.9 Å². The molecule has 0 aliphatic heterocycles. The maximum atomic E-state index is 12.4. The molecule has 0 saturated heterocycles. The molecule has 6 nitrogen and oxygen atoms in total. The van der Waals surface area contributed by atoms with Crippen LogP contribution < -0.4 is 9.44 Å². The molecule has 0 bridgehead atoms. The fourth-order valence-electron chi connectivity index (χ4n) is 2.21. The highest BCUT2D eigenvalue weighted by Gasteiger charge is 2.18. The van der Waals surface area contributed by atoms with Crippen molar-refractivity contribution in [2.24, 2.45) is 0 Å². The maximum absolute atomic E-state index is 12.4. The summed E-state index contributed by atoms with van der Waals surface area (Å²) in [7, 11) is -7.48. The molecule has 10 heteroatoms. The third-order valence-electron chi connectivity index (χ3n) is 3.54. The van der Waals surface area contributed by atoms with E-state index in [1.54, 1.807) is 0 Å². The number of nitrogens with one attached hydrogen (secondary N) is 2. The molecule has 2 N–H and O–H groups in total. The lowest BCUT2D eigenvalue weighted by Crippen LogP contribution is -2.23. The van der Waals surface area contributed by atoms with Crippen molar-refractivity contribution in [3.05, 3.63) is 76.6 Å². The van der Waals surface area contributed by atoms with Gasteiger partial charge >= 0.3 is 0 Å². The quantitative estimate of drug-likeness (QED) is 0.583. The van der Waals surface area contributed by atoms with Gasteiger partial charge in [-0.2, -0.15) is 0 Å². The zero-order valence-corrected chi connectivity index (χ0v) is 17.0. The van der Waals surface area contributed by atoms with Gasteiger partial charge in [0.05, 0.1) is 9.23 Å². The van der Waals surface area contributed by atoms with E-state index >= 15 is 0 Å². The molecule has 0 unspecified atom stereocenters. The molecule has 142 valence electrons. The van der Waals surface area contributed by atoms with Crippen molar-refractivity contribution in [2.45, 2.75) is 15.6 Å². The lowest BCUT2D eigenvalue weighted by atomic mass is 10.2. The standard InChI is InChI=1S/C17H15ClN2O4S3/c18-16-10-11-17(25-16)27(23,24)20-14-6-8-15(9-7-14)26(21,22)19-12-13-4-2-1-3-5-13/h1-11,19-20H,12H2. The van der Waals surface area contributed by atoms with Crippen molar-refractivity contribution in [1.82, 2.24) is 4.72 Å². The van der Waals surface area contributed by atoms with E-state index in [4.69, 9.17) is 11.6 Å². The number of sulfonamides is 2. The first-order chi connectivity index (χ1) is 12.8. The molecule has 0 aliphatic carbocycles. The number of benzene rings is 2. The van der Waals surface area contributed by atoms with Gasteiger partial charge in [-0.25, -0.2) is 21.6 Å². The maximum Gasteiger partial charge on any atom is 0.271 e. The van der Waals surface area contributed by atoms with Crippen molar-refractivity contribution in [2.75, 3.05) is 4.72 Å². The molecule has 0 saturated carbocycles. The van der Waals surface area contributed by atoms with Gasteiger partial charge in [-0.3, -0.25) is 4.72 Å². The van der Waals surface area contributed by atoms with Crippen LogP contribution in [-0.4, -0.2) is 16.8 Å². The Kier molecular flexibility index (Phi) is 5.87. The van der Waals surface area contributed by atoms with Crippen LogP contribution in [0.15, 0.2) is 75.8 Å². The van der Waals surface area contributed by atoms with Crippen LogP contribution in [-0.2, 0) is 26.6 Å². The summed E-state index contributed by atoms with van der Waals surface area (Å²) in [4.78, 5) is 0.0422. The van der Waals surface area contributed by atoms with Gasteiger partial charge in [0.25, 0.3) is 10.0 Å². The van der Waals surface area contributed by atoms with E-state index in [0.29, 0.717) is 4.34 Å². The molecular formula is C17H15ClN2O4S3. The average molecular weight is 443 g/mol. The Bertz CT molecular complexity index is 1130. The molecule has 2 aromatic carbocycles. The van der Waals surface area contributed by atoms with Crippen molar-refractivity contribution < 1.29 is 16.8 Å². The van der Waals surface area contributed by atoms with Crippen LogP contribution in [0.1, 0.15) is 5.56 Å². The van der Waals surface area contributed by atoms with Crippen LogP contribution in [0.25, 0.3) is 0 Å². The molecule has 0 atom stereocenters. The van der Waals surface area contributed by atoms with Gasteiger partial charge in [0, 0.05) is 12.2 Å². The van der Waals surface area contributed by atoms with Gasteiger partial charge in [0.15, 0.2) is 0 Å². The van der Waals surface area contributed by atoms with Crippen LogP contribution >= 0.6 is 22.9 Å². The first-order valence-electron chi connectivity index (χ1n) is 7.68. The summed E-state index contributed by atoms with van der Waals surface area (Å²) in [6.45, 7) is 0.163. The van der Waals surface area contributed by atoms with E-state index in [2.05, 4.69) is 9.44 Å². The van der Waals surface area contributed by atoms with Crippen molar-refractivity contribution in [3.8, 4) is 0 Å². The Morgan fingerprint density at radius 1 is 0.815 bits per heavy atom. The molecule has 1 aromatic heterocycles. The summed E-state index contributed by atoms with van der Waals surface area (Å²) in [5, 5.41) is 0. The summed E-state index contributed by atoms with van der Waals surface area (Å²) in [5.41, 5.74) is 1.08. The lowest BCUT2D eigenvalue weighted by molar-refractivity contribution is 0.581. The first kappa shape index (κ1) is 19.8. The zero-order valence-electron chi connectivity index (χ0n) is 13.8.